The molecule has 1 aliphatic rings. The van der Waals surface area contributed by atoms with Crippen LogP contribution in [0.15, 0.2) is 36.4 Å². The lowest BCUT2D eigenvalue weighted by Crippen LogP contribution is -2.39. The minimum absolute atomic E-state index is 0.0945. The third kappa shape index (κ3) is 4.49. The molecule has 3 rings (SSSR count). The van der Waals surface area contributed by atoms with Gasteiger partial charge in [-0.1, -0.05) is 35.3 Å². The van der Waals surface area contributed by atoms with Crippen molar-refractivity contribution in [2.45, 2.75) is 25.4 Å². The standard InChI is InChI=1S/C20H22Cl2N2O3/c1-26-17-9-8-13(11-18(17)27-2)12-24-10-4-7-16(24)20(25)23-19-14(21)5-3-6-15(19)22/h3,5-6,8-9,11,16H,4,7,10,12H2,1-2H3,(H,23,25). The highest BCUT2D eigenvalue weighted by Gasteiger charge is 2.31. The van der Waals surface area contributed by atoms with Gasteiger partial charge in [-0.3, -0.25) is 9.69 Å². The third-order valence-electron chi connectivity index (χ3n) is 4.71. The molecule has 7 heteroatoms. The number of nitrogens with zero attached hydrogens (tertiary/aromatic N) is 1. The third-order valence-corrected chi connectivity index (χ3v) is 5.34. The first-order valence-corrected chi connectivity index (χ1v) is 9.49. The summed E-state index contributed by atoms with van der Waals surface area (Å²) in [7, 11) is 3.22. The van der Waals surface area contributed by atoms with Crippen molar-refractivity contribution >= 4 is 34.8 Å². The summed E-state index contributed by atoms with van der Waals surface area (Å²) >= 11 is 12.3. The van der Waals surface area contributed by atoms with Gasteiger partial charge in [0.15, 0.2) is 11.5 Å². The van der Waals surface area contributed by atoms with Gasteiger partial charge >= 0.3 is 0 Å². The van der Waals surface area contributed by atoms with E-state index in [-0.39, 0.29) is 11.9 Å². The predicted molar refractivity (Wildman–Crippen MR) is 108 cm³/mol. The summed E-state index contributed by atoms with van der Waals surface area (Å²) in [5.74, 6) is 1.27. The van der Waals surface area contributed by atoms with E-state index < -0.39 is 0 Å². The number of carbonyl (C=O) groups is 1. The molecule has 1 saturated heterocycles. The molecular formula is C20H22Cl2N2O3. The molecule has 1 N–H and O–H groups in total. The van der Waals surface area contributed by atoms with Crippen molar-refractivity contribution in [3.8, 4) is 11.5 Å². The minimum Gasteiger partial charge on any atom is -0.493 e. The Labute approximate surface area is 169 Å². The number of hydrogen-bond acceptors (Lipinski definition) is 4. The summed E-state index contributed by atoms with van der Waals surface area (Å²) in [6.07, 6.45) is 1.75. The lowest BCUT2D eigenvalue weighted by atomic mass is 10.1. The van der Waals surface area contributed by atoms with Crippen molar-refractivity contribution in [1.82, 2.24) is 4.90 Å². The molecular weight excluding hydrogens is 387 g/mol. The molecule has 144 valence electrons. The molecule has 0 saturated carbocycles. The van der Waals surface area contributed by atoms with Gasteiger partial charge in [-0.2, -0.15) is 0 Å². The monoisotopic (exact) mass is 408 g/mol. The normalized spacial score (nSPS) is 17.0. The van der Waals surface area contributed by atoms with E-state index in [2.05, 4.69) is 10.2 Å². The first-order chi connectivity index (χ1) is 13.0. The fraction of sp³-hybridized carbons (Fsp3) is 0.350. The quantitative estimate of drug-likeness (QED) is 0.757. The van der Waals surface area contributed by atoms with Gasteiger partial charge in [0, 0.05) is 6.54 Å². The van der Waals surface area contributed by atoms with Crippen LogP contribution in [0, 0.1) is 0 Å². The van der Waals surface area contributed by atoms with E-state index in [1.54, 1.807) is 32.4 Å². The number of likely N-dealkylation sites (tertiary alicyclic amines) is 1. The zero-order chi connectivity index (χ0) is 19.4. The van der Waals surface area contributed by atoms with E-state index in [0.29, 0.717) is 33.8 Å². The molecule has 0 bridgehead atoms. The van der Waals surface area contributed by atoms with Crippen LogP contribution in [0.1, 0.15) is 18.4 Å². The van der Waals surface area contributed by atoms with Gasteiger partial charge in [-0.15, -0.1) is 0 Å². The molecule has 0 aliphatic carbocycles. The average molecular weight is 409 g/mol. The van der Waals surface area contributed by atoms with Crippen molar-refractivity contribution in [3.05, 3.63) is 52.0 Å². The van der Waals surface area contributed by atoms with Crippen LogP contribution in [0.4, 0.5) is 5.69 Å². The summed E-state index contributed by atoms with van der Waals surface area (Å²) in [5, 5.41) is 3.75. The molecule has 27 heavy (non-hydrogen) atoms. The lowest BCUT2D eigenvalue weighted by Gasteiger charge is -2.24. The van der Waals surface area contributed by atoms with E-state index in [4.69, 9.17) is 32.7 Å². The number of nitrogens with one attached hydrogen (secondary N) is 1. The van der Waals surface area contributed by atoms with Gasteiger partial charge in [0.2, 0.25) is 5.91 Å². The molecule has 0 radical (unpaired) electrons. The van der Waals surface area contributed by atoms with Crippen molar-refractivity contribution in [2.75, 3.05) is 26.1 Å². The Kier molecular flexibility index (Phi) is 6.47. The number of methoxy groups -OCH3 is 2. The Balaban J connectivity index is 1.72. The largest absolute Gasteiger partial charge is 0.493 e. The van der Waals surface area contributed by atoms with E-state index in [0.717, 1.165) is 24.9 Å². The molecule has 1 heterocycles. The van der Waals surface area contributed by atoms with Gasteiger partial charge in [0.05, 0.1) is 36.0 Å². The predicted octanol–water partition coefficient (Wildman–Crippen LogP) is 4.61. The van der Waals surface area contributed by atoms with Gasteiger partial charge in [-0.25, -0.2) is 0 Å². The first kappa shape index (κ1) is 19.8. The van der Waals surface area contributed by atoms with Crippen LogP contribution < -0.4 is 14.8 Å². The summed E-state index contributed by atoms with van der Waals surface area (Å²) in [5.41, 5.74) is 1.52. The van der Waals surface area contributed by atoms with Crippen LogP contribution in [0.5, 0.6) is 11.5 Å². The molecule has 1 unspecified atom stereocenters. The van der Waals surface area contributed by atoms with Crippen molar-refractivity contribution in [1.29, 1.82) is 0 Å². The number of anilines is 1. The summed E-state index contributed by atoms with van der Waals surface area (Å²) in [4.78, 5) is 15.0. The van der Waals surface area contributed by atoms with Crippen LogP contribution >= 0.6 is 23.2 Å². The highest BCUT2D eigenvalue weighted by Crippen LogP contribution is 2.32. The second-order valence-corrected chi connectivity index (χ2v) is 7.22. The van der Waals surface area contributed by atoms with Gasteiger partial charge in [-0.05, 0) is 49.2 Å². The van der Waals surface area contributed by atoms with Gasteiger partial charge in [0.1, 0.15) is 0 Å². The van der Waals surface area contributed by atoms with Crippen LogP contribution in [-0.4, -0.2) is 37.6 Å². The number of para-hydroxylation sites is 1. The maximum absolute atomic E-state index is 12.8. The van der Waals surface area contributed by atoms with Crippen LogP contribution in [-0.2, 0) is 11.3 Å². The molecule has 0 spiro atoms. The summed E-state index contributed by atoms with van der Waals surface area (Å²) in [6, 6.07) is 10.7. The topological polar surface area (TPSA) is 50.8 Å². The molecule has 1 atom stereocenters. The van der Waals surface area contributed by atoms with E-state index >= 15 is 0 Å². The second kappa shape index (κ2) is 8.83. The minimum atomic E-state index is -0.231. The first-order valence-electron chi connectivity index (χ1n) is 8.73. The number of amides is 1. The van der Waals surface area contributed by atoms with E-state index in [1.807, 2.05) is 18.2 Å². The molecule has 5 nitrogen and oxygen atoms in total. The van der Waals surface area contributed by atoms with Crippen LogP contribution in [0.25, 0.3) is 0 Å². The smallest absolute Gasteiger partial charge is 0.241 e. The highest BCUT2D eigenvalue weighted by atomic mass is 35.5. The number of rotatable bonds is 6. The molecule has 1 fully saturated rings. The number of halogens is 2. The molecule has 2 aromatic carbocycles. The lowest BCUT2D eigenvalue weighted by molar-refractivity contribution is -0.120. The van der Waals surface area contributed by atoms with E-state index in [1.165, 1.54) is 0 Å². The highest BCUT2D eigenvalue weighted by molar-refractivity contribution is 6.39. The summed E-state index contributed by atoms with van der Waals surface area (Å²) < 4.78 is 10.7. The molecule has 1 amide bonds. The van der Waals surface area contributed by atoms with Crippen LogP contribution in [0.2, 0.25) is 10.0 Å². The Morgan fingerprint density at radius 3 is 2.52 bits per heavy atom. The summed E-state index contributed by atoms with van der Waals surface area (Å²) in [6.45, 7) is 1.50. The Morgan fingerprint density at radius 1 is 1.15 bits per heavy atom. The van der Waals surface area contributed by atoms with Crippen molar-refractivity contribution in [2.24, 2.45) is 0 Å². The van der Waals surface area contributed by atoms with Crippen molar-refractivity contribution < 1.29 is 14.3 Å². The Morgan fingerprint density at radius 2 is 1.85 bits per heavy atom. The van der Waals surface area contributed by atoms with Crippen LogP contribution in [0.3, 0.4) is 0 Å². The van der Waals surface area contributed by atoms with Crippen molar-refractivity contribution in [3.63, 3.8) is 0 Å². The number of carbonyl (C=O) groups excluding carboxylic acids is 1. The molecule has 2 aromatic rings. The number of hydrogen-bond donors (Lipinski definition) is 1. The number of benzene rings is 2. The Bertz CT molecular complexity index is 809. The average Bonchev–Trinajstić information content (AvgIpc) is 3.12. The Hall–Kier alpha value is -1.95. The van der Waals surface area contributed by atoms with Gasteiger partial charge < -0.3 is 14.8 Å². The van der Waals surface area contributed by atoms with E-state index in [9.17, 15) is 4.79 Å². The molecule has 1 aliphatic heterocycles. The maximum atomic E-state index is 12.8. The van der Waals surface area contributed by atoms with Gasteiger partial charge in [0.25, 0.3) is 0 Å². The fourth-order valence-electron chi connectivity index (χ4n) is 3.35. The maximum Gasteiger partial charge on any atom is 0.241 e. The number of ether oxygens (including phenoxy) is 2. The SMILES string of the molecule is COc1ccc(CN2CCCC2C(=O)Nc2c(Cl)cccc2Cl)cc1OC. The zero-order valence-corrected chi connectivity index (χ0v) is 16.8. The molecule has 0 aromatic heterocycles. The second-order valence-electron chi connectivity index (χ2n) is 6.40. The zero-order valence-electron chi connectivity index (χ0n) is 15.3. The fourth-order valence-corrected chi connectivity index (χ4v) is 3.84.